The molecule has 156 valence electrons. The molecule has 2 heterocycles. The normalized spacial score (nSPS) is 29.3. The second-order valence-corrected chi connectivity index (χ2v) is 7.74. The number of rotatable bonds is 4. The largest absolute Gasteiger partial charge is 0.490 e. The number of aliphatic hydroxyl groups excluding tert-OH is 4. The van der Waals surface area contributed by atoms with Crippen molar-refractivity contribution in [3.63, 3.8) is 0 Å². The number of benzene rings is 2. The summed E-state index contributed by atoms with van der Waals surface area (Å²) in [7, 11) is 0. The summed E-state index contributed by atoms with van der Waals surface area (Å²) in [5.74, 6) is 0.679. The molecule has 2 aliphatic rings. The molecule has 5 atom stereocenters. The van der Waals surface area contributed by atoms with Crippen molar-refractivity contribution in [2.24, 2.45) is 0 Å². The molecule has 0 unspecified atom stereocenters. The zero-order chi connectivity index (χ0) is 20.5. The van der Waals surface area contributed by atoms with Crippen LogP contribution in [0.15, 0.2) is 42.5 Å². The van der Waals surface area contributed by atoms with Crippen LogP contribution in [0.25, 0.3) is 0 Å². The summed E-state index contributed by atoms with van der Waals surface area (Å²) >= 11 is 0. The van der Waals surface area contributed by atoms with Crippen LogP contribution in [0.2, 0.25) is 0 Å². The minimum absolute atomic E-state index is 0.451. The van der Waals surface area contributed by atoms with Gasteiger partial charge in [0.05, 0.1) is 18.8 Å². The molecular formula is C22H27NO6. The lowest BCUT2D eigenvalue weighted by atomic mass is 9.91. The van der Waals surface area contributed by atoms with Crippen molar-refractivity contribution in [2.45, 2.75) is 44.0 Å². The van der Waals surface area contributed by atoms with Crippen molar-refractivity contribution in [1.29, 1.82) is 0 Å². The van der Waals surface area contributed by atoms with Gasteiger partial charge in [-0.1, -0.05) is 35.9 Å². The molecule has 0 radical (unpaired) electrons. The molecule has 2 aliphatic heterocycles. The van der Waals surface area contributed by atoms with Gasteiger partial charge in [-0.05, 0) is 30.2 Å². The SMILES string of the molecule is Cc1cccc(CN2CCOc3cc([C@@H]4O[C@H](CO)[C@@H](O)[C@H](O)[C@H]4O)ccc32)c1. The van der Waals surface area contributed by atoms with Gasteiger partial charge in [0.1, 0.15) is 42.9 Å². The van der Waals surface area contributed by atoms with E-state index in [2.05, 4.69) is 30.0 Å². The van der Waals surface area contributed by atoms with Crippen LogP contribution in [-0.4, -0.2) is 64.6 Å². The van der Waals surface area contributed by atoms with Crippen molar-refractivity contribution in [3.8, 4) is 5.75 Å². The van der Waals surface area contributed by atoms with Crippen LogP contribution in [0.5, 0.6) is 5.75 Å². The molecular weight excluding hydrogens is 374 g/mol. The summed E-state index contributed by atoms with van der Waals surface area (Å²) in [6.45, 7) is 3.69. The third-order valence-corrected chi connectivity index (χ3v) is 5.62. The second kappa shape index (κ2) is 8.30. The van der Waals surface area contributed by atoms with E-state index in [1.807, 2.05) is 18.2 Å². The number of fused-ring (bicyclic) bond motifs is 1. The maximum absolute atomic E-state index is 10.4. The number of nitrogens with zero attached hydrogens (tertiary/aromatic N) is 1. The highest BCUT2D eigenvalue weighted by atomic mass is 16.5. The zero-order valence-electron chi connectivity index (χ0n) is 16.3. The van der Waals surface area contributed by atoms with Crippen LogP contribution < -0.4 is 9.64 Å². The van der Waals surface area contributed by atoms with Crippen molar-refractivity contribution in [1.82, 2.24) is 0 Å². The van der Waals surface area contributed by atoms with Gasteiger partial charge in [0.2, 0.25) is 0 Å². The molecule has 1 fully saturated rings. The van der Waals surface area contributed by atoms with Crippen LogP contribution in [0.1, 0.15) is 22.8 Å². The van der Waals surface area contributed by atoms with Gasteiger partial charge in [-0.2, -0.15) is 0 Å². The fraction of sp³-hybridized carbons (Fsp3) is 0.455. The Morgan fingerprint density at radius 1 is 1.03 bits per heavy atom. The quantitative estimate of drug-likeness (QED) is 0.604. The van der Waals surface area contributed by atoms with Crippen molar-refractivity contribution >= 4 is 5.69 Å². The Balaban J connectivity index is 1.58. The number of aliphatic hydroxyl groups is 4. The monoisotopic (exact) mass is 401 g/mol. The summed E-state index contributed by atoms with van der Waals surface area (Å²) in [5, 5.41) is 39.8. The maximum atomic E-state index is 10.4. The fourth-order valence-corrected chi connectivity index (χ4v) is 4.04. The summed E-state index contributed by atoms with van der Waals surface area (Å²) in [5.41, 5.74) is 4.01. The third kappa shape index (κ3) is 3.97. The van der Waals surface area contributed by atoms with Gasteiger partial charge in [0.15, 0.2) is 0 Å². The Morgan fingerprint density at radius 3 is 2.62 bits per heavy atom. The first-order valence-corrected chi connectivity index (χ1v) is 9.85. The van der Waals surface area contributed by atoms with E-state index in [1.54, 1.807) is 6.07 Å². The molecule has 4 rings (SSSR count). The molecule has 7 heteroatoms. The first-order valence-electron chi connectivity index (χ1n) is 9.85. The van der Waals surface area contributed by atoms with Gasteiger partial charge in [-0.25, -0.2) is 0 Å². The molecule has 7 nitrogen and oxygen atoms in total. The lowest BCUT2D eigenvalue weighted by molar-refractivity contribution is -0.231. The van der Waals surface area contributed by atoms with Gasteiger partial charge in [-0.15, -0.1) is 0 Å². The number of anilines is 1. The average Bonchev–Trinajstić information content (AvgIpc) is 2.72. The molecule has 0 spiro atoms. The summed E-state index contributed by atoms with van der Waals surface area (Å²) in [4.78, 5) is 2.24. The van der Waals surface area contributed by atoms with E-state index in [4.69, 9.17) is 9.47 Å². The minimum Gasteiger partial charge on any atom is -0.490 e. The van der Waals surface area contributed by atoms with Crippen LogP contribution in [0.3, 0.4) is 0 Å². The molecule has 2 aromatic rings. The highest BCUT2D eigenvalue weighted by Crippen LogP contribution is 2.39. The Morgan fingerprint density at radius 2 is 1.86 bits per heavy atom. The number of hydrogen-bond donors (Lipinski definition) is 4. The lowest BCUT2D eigenvalue weighted by Gasteiger charge is -2.40. The van der Waals surface area contributed by atoms with Crippen LogP contribution in [0, 0.1) is 6.92 Å². The molecule has 0 bridgehead atoms. The smallest absolute Gasteiger partial charge is 0.143 e. The molecule has 29 heavy (non-hydrogen) atoms. The topological polar surface area (TPSA) is 103 Å². The number of ether oxygens (including phenoxy) is 2. The van der Waals surface area contributed by atoms with Gasteiger partial charge in [0, 0.05) is 6.54 Å². The standard InChI is InChI=1S/C22H27NO6/c1-13-3-2-4-14(9-13)11-23-7-8-28-17-10-15(5-6-16(17)23)22-21(27)20(26)19(25)18(12-24)29-22/h2-6,9-10,18-22,24-27H,7-8,11-12H2,1H3/t18-,19-,20+,21-,22+/m1/s1. The van der Waals surface area contributed by atoms with Crippen LogP contribution in [0.4, 0.5) is 5.69 Å². The van der Waals surface area contributed by atoms with E-state index < -0.39 is 37.1 Å². The maximum Gasteiger partial charge on any atom is 0.143 e. The average molecular weight is 401 g/mol. The number of hydrogen-bond acceptors (Lipinski definition) is 7. The molecule has 0 amide bonds. The van der Waals surface area contributed by atoms with Gasteiger partial charge >= 0.3 is 0 Å². The predicted molar refractivity (Wildman–Crippen MR) is 107 cm³/mol. The van der Waals surface area contributed by atoms with Gasteiger partial charge < -0.3 is 34.8 Å². The number of aryl methyl sites for hydroxylation is 1. The molecule has 2 aromatic carbocycles. The Labute approximate surface area is 169 Å². The van der Waals surface area contributed by atoms with Gasteiger partial charge in [-0.3, -0.25) is 0 Å². The van der Waals surface area contributed by atoms with Crippen LogP contribution >= 0.6 is 0 Å². The van der Waals surface area contributed by atoms with Crippen molar-refractivity contribution in [3.05, 3.63) is 59.2 Å². The molecule has 0 saturated carbocycles. The molecule has 1 saturated heterocycles. The van der Waals surface area contributed by atoms with Crippen molar-refractivity contribution in [2.75, 3.05) is 24.7 Å². The Kier molecular flexibility index (Phi) is 5.76. The summed E-state index contributed by atoms with van der Waals surface area (Å²) in [6, 6.07) is 13.9. The molecule has 0 aliphatic carbocycles. The van der Waals surface area contributed by atoms with E-state index >= 15 is 0 Å². The van der Waals surface area contributed by atoms with Crippen molar-refractivity contribution < 1.29 is 29.9 Å². The summed E-state index contributed by atoms with van der Waals surface area (Å²) in [6.07, 6.45) is -5.89. The fourth-order valence-electron chi connectivity index (χ4n) is 4.04. The van der Waals surface area contributed by atoms with Crippen LogP contribution in [-0.2, 0) is 11.3 Å². The van der Waals surface area contributed by atoms with E-state index in [-0.39, 0.29) is 0 Å². The van der Waals surface area contributed by atoms with E-state index in [0.717, 1.165) is 18.8 Å². The first kappa shape index (κ1) is 20.1. The van der Waals surface area contributed by atoms with E-state index in [9.17, 15) is 20.4 Å². The molecule has 0 aromatic heterocycles. The highest BCUT2D eigenvalue weighted by Gasteiger charge is 2.44. The predicted octanol–water partition coefficient (Wildman–Crippen LogP) is 0.909. The second-order valence-electron chi connectivity index (χ2n) is 7.74. The minimum atomic E-state index is -1.40. The lowest BCUT2D eigenvalue weighted by Crippen LogP contribution is -2.55. The third-order valence-electron chi connectivity index (χ3n) is 5.62. The summed E-state index contributed by atoms with van der Waals surface area (Å²) < 4.78 is 11.5. The zero-order valence-corrected chi connectivity index (χ0v) is 16.3. The highest BCUT2D eigenvalue weighted by molar-refractivity contribution is 5.61. The molecule has 4 N–H and O–H groups in total. The Hall–Kier alpha value is -2.16. The van der Waals surface area contributed by atoms with E-state index in [1.165, 1.54) is 11.1 Å². The Bertz CT molecular complexity index is 857. The van der Waals surface area contributed by atoms with Gasteiger partial charge in [0.25, 0.3) is 0 Å². The van der Waals surface area contributed by atoms with E-state index in [0.29, 0.717) is 17.9 Å². The first-order chi connectivity index (χ1) is 14.0.